The minimum Gasteiger partial charge on any atom is -0.183 e. The third kappa shape index (κ3) is 2.02. The number of thioether (sulfide) groups is 1. The SMILES string of the molecule is [CH2]Sc1nnnn1C=S(=O)=O. The normalized spacial score (nSPS) is 9.55. The molecule has 1 aromatic heterocycles. The molecule has 1 rings (SSSR count). The van der Waals surface area contributed by atoms with E-state index in [0.717, 1.165) is 21.9 Å². The summed E-state index contributed by atoms with van der Waals surface area (Å²) in [5.74, 6) is 0. The van der Waals surface area contributed by atoms with Crippen LogP contribution >= 0.6 is 11.8 Å². The lowest BCUT2D eigenvalue weighted by Gasteiger charge is -1.87. The maximum absolute atomic E-state index is 10.1. The smallest absolute Gasteiger partial charge is 0.183 e. The molecule has 0 atom stereocenters. The Morgan fingerprint density at radius 2 is 2.36 bits per heavy atom. The van der Waals surface area contributed by atoms with Crippen LogP contribution in [0, 0.1) is 6.26 Å². The Labute approximate surface area is 68.1 Å². The lowest BCUT2D eigenvalue weighted by atomic mass is 11.2. The second kappa shape index (κ2) is 3.49. The molecular formula is C3H3N4O2S2. The van der Waals surface area contributed by atoms with E-state index in [1.807, 2.05) is 0 Å². The summed E-state index contributed by atoms with van der Waals surface area (Å²) < 4.78 is 21.3. The van der Waals surface area contributed by atoms with Crippen molar-refractivity contribution in [2.24, 2.45) is 0 Å². The molecule has 1 radical (unpaired) electrons. The van der Waals surface area contributed by atoms with Crippen LogP contribution in [0.3, 0.4) is 0 Å². The molecule has 0 aliphatic carbocycles. The molecule has 11 heavy (non-hydrogen) atoms. The van der Waals surface area contributed by atoms with Crippen molar-refractivity contribution >= 4 is 27.5 Å². The molecule has 8 heteroatoms. The summed E-state index contributed by atoms with van der Waals surface area (Å²) in [6, 6.07) is 0. The third-order valence-electron chi connectivity index (χ3n) is 0.778. The van der Waals surface area contributed by atoms with Crippen LogP contribution in [-0.2, 0) is 10.3 Å². The zero-order chi connectivity index (χ0) is 8.27. The van der Waals surface area contributed by atoms with Crippen LogP contribution in [0.2, 0.25) is 0 Å². The predicted molar refractivity (Wildman–Crippen MR) is 39.4 cm³/mol. The van der Waals surface area contributed by atoms with E-state index in [0.29, 0.717) is 5.16 Å². The maximum atomic E-state index is 10.1. The van der Waals surface area contributed by atoms with Crippen LogP contribution in [0.25, 0.3) is 0 Å². The summed E-state index contributed by atoms with van der Waals surface area (Å²) in [5.41, 5.74) is 0.855. The quantitative estimate of drug-likeness (QED) is 0.442. The average molecular weight is 191 g/mol. The van der Waals surface area contributed by atoms with E-state index in [2.05, 4.69) is 21.8 Å². The van der Waals surface area contributed by atoms with E-state index in [1.54, 1.807) is 0 Å². The highest BCUT2D eigenvalue weighted by Crippen LogP contribution is 2.07. The topological polar surface area (TPSA) is 77.7 Å². The van der Waals surface area contributed by atoms with Gasteiger partial charge in [0, 0.05) is 6.26 Å². The van der Waals surface area contributed by atoms with Gasteiger partial charge < -0.3 is 0 Å². The molecule has 0 saturated carbocycles. The Morgan fingerprint density at radius 1 is 1.64 bits per heavy atom. The molecule has 0 aliphatic heterocycles. The third-order valence-corrected chi connectivity index (χ3v) is 1.68. The van der Waals surface area contributed by atoms with Crippen LogP contribution in [0.15, 0.2) is 5.16 Å². The zero-order valence-electron chi connectivity index (χ0n) is 5.21. The van der Waals surface area contributed by atoms with E-state index < -0.39 is 10.3 Å². The lowest BCUT2D eigenvalue weighted by Crippen LogP contribution is -1.99. The second-order valence-corrected chi connectivity index (χ2v) is 2.80. The van der Waals surface area contributed by atoms with Crippen LogP contribution in [0.5, 0.6) is 0 Å². The number of aromatic nitrogens is 4. The molecule has 1 aromatic rings. The standard InChI is InChI=1S/C3H3N4O2S2/c1-10-3-4-5-6-7(3)2-11(8)9/h2H,1H2. The molecule has 0 aliphatic rings. The van der Waals surface area contributed by atoms with Gasteiger partial charge in [-0.15, -0.1) is 5.10 Å². The summed E-state index contributed by atoms with van der Waals surface area (Å²) >= 11 is 1.02. The largest absolute Gasteiger partial charge is 0.232 e. The van der Waals surface area contributed by atoms with Crippen molar-refractivity contribution in [1.29, 1.82) is 0 Å². The maximum Gasteiger partial charge on any atom is 0.232 e. The molecule has 6 nitrogen and oxygen atoms in total. The number of nitrogens with zero attached hydrogens (tertiary/aromatic N) is 4. The number of hydrogen-bond donors (Lipinski definition) is 0. The Kier molecular flexibility index (Phi) is 2.60. The molecule has 0 amide bonds. The van der Waals surface area contributed by atoms with Crippen molar-refractivity contribution < 1.29 is 8.42 Å². The molecular weight excluding hydrogens is 188 g/mol. The van der Waals surface area contributed by atoms with E-state index in [9.17, 15) is 8.42 Å². The number of tetrazole rings is 1. The van der Waals surface area contributed by atoms with Crippen molar-refractivity contribution in [3.05, 3.63) is 6.26 Å². The fourth-order valence-corrected chi connectivity index (χ4v) is 1.12. The summed E-state index contributed by atoms with van der Waals surface area (Å²) in [6.07, 6.45) is 3.43. The van der Waals surface area contributed by atoms with Crippen LogP contribution in [0.1, 0.15) is 0 Å². The monoisotopic (exact) mass is 191 g/mol. The lowest BCUT2D eigenvalue weighted by molar-refractivity contribution is 0.626. The fourth-order valence-electron chi connectivity index (χ4n) is 0.428. The van der Waals surface area contributed by atoms with E-state index in [1.165, 1.54) is 0 Å². The molecule has 0 spiro atoms. The number of hydrogen-bond acceptors (Lipinski definition) is 6. The Hall–Kier alpha value is -0.890. The van der Waals surface area contributed by atoms with Crippen molar-refractivity contribution in [2.75, 3.05) is 0 Å². The molecule has 0 bridgehead atoms. The number of rotatable bonds is 2. The first-order valence-electron chi connectivity index (χ1n) is 2.37. The van der Waals surface area contributed by atoms with E-state index in [4.69, 9.17) is 0 Å². The van der Waals surface area contributed by atoms with Crippen LogP contribution < -0.4 is 0 Å². The van der Waals surface area contributed by atoms with Gasteiger partial charge in [0.15, 0.2) is 5.49 Å². The summed E-state index contributed by atoms with van der Waals surface area (Å²) in [7, 11) is -2.30. The van der Waals surface area contributed by atoms with E-state index in [-0.39, 0.29) is 0 Å². The highest BCUT2D eigenvalue weighted by atomic mass is 32.2. The van der Waals surface area contributed by atoms with Gasteiger partial charge in [0.25, 0.3) is 0 Å². The van der Waals surface area contributed by atoms with Gasteiger partial charge in [-0.2, -0.15) is 13.1 Å². The predicted octanol–water partition coefficient (Wildman–Crippen LogP) is -0.956. The fraction of sp³-hybridized carbons (Fsp3) is 0. The first kappa shape index (κ1) is 8.21. The van der Waals surface area contributed by atoms with Gasteiger partial charge in [-0.1, -0.05) is 11.8 Å². The van der Waals surface area contributed by atoms with Gasteiger partial charge in [-0.05, 0) is 10.4 Å². The Bertz CT molecular complexity index is 358. The molecule has 59 valence electrons. The summed E-state index contributed by atoms with van der Waals surface area (Å²) in [4.78, 5) is 0. The summed E-state index contributed by atoms with van der Waals surface area (Å²) in [6.45, 7) is 0. The molecule has 1 heterocycles. The van der Waals surface area contributed by atoms with Gasteiger partial charge in [0.2, 0.25) is 15.4 Å². The minimum absolute atomic E-state index is 0.328. The average Bonchev–Trinajstić information content (AvgIpc) is 2.34. The van der Waals surface area contributed by atoms with Crippen LogP contribution in [0.4, 0.5) is 0 Å². The second-order valence-electron chi connectivity index (χ2n) is 1.42. The highest BCUT2D eigenvalue weighted by Gasteiger charge is 1.99. The van der Waals surface area contributed by atoms with Crippen LogP contribution in [-0.4, -0.2) is 34.1 Å². The van der Waals surface area contributed by atoms with Crippen molar-refractivity contribution in [2.45, 2.75) is 5.16 Å². The van der Waals surface area contributed by atoms with Crippen molar-refractivity contribution in [3.63, 3.8) is 0 Å². The molecule has 0 fully saturated rings. The van der Waals surface area contributed by atoms with Gasteiger partial charge in [0.1, 0.15) is 0 Å². The molecule has 0 N–H and O–H groups in total. The molecule has 0 aromatic carbocycles. The summed E-state index contributed by atoms with van der Waals surface area (Å²) in [5, 5.41) is 10.4. The first-order chi connectivity index (χ1) is 5.24. The minimum atomic E-state index is -2.30. The first-order valence-corrected chi connectivity index (χ1v) is 4.49. The highest BCUT2D eigenvalue weighted by molar-refractivity contribution is 8.00. The van der Waals surface area contributed by atoms with Crippen molar-refractivity contribution in [3.8, 4) is 0 Å². The van der Waals surface area contributed by atoms with Crippen molar-refractivity contribution in [1.82, 2.24) is 20.2 Å². The van der Waals surface area contributed by atoms with E-state index >= 15 is 0 Å². The van der Waals surface area contributed by atoms with Gasteiger partial charge in [-0.25, -0.2) is 0 Å². The van der Waals surface area contributed by atoms with Gasteiger partial charge in [-0.3, -0.25) is 0 Å². The Balaban J connectivity index is 3.13. The molecule has 0 saturated heterocycles. The Morgan fingerprint density at radius 3 is 2.91 bits per heavy atom. The van der Waals surface area contributed by atoms with Gasteiger partial charge in [0.05, 0.1) is 0 Å². The molecule has 0 unspecified atom stereocenters. The zero-order valence-corrected chi connectivity index (χ0v) is 6.84. The van der Waals surface area contributed by atoms with Gasteiger partial charge >= 0.3 is 0 Å².